The Morgan fingerprint density at radius 3 is 2.81 bits per heavy atom. The zero-order chi connectivity index (χ0) is 21.9. The maximum absolute atomic E-state index is 10.1. The van der Waals surface area contributed by atoms with E-state index in [2.05, 4.69) is 31.8 Å². The molecule has 5 aliphatic rings. The van der Waals surface area contributed by atoms with Gasteiger partial charge in [0, 0.05) is 24.5 Å². The van der Waals surface area contributed by atoms with Gasteiger partial charge in [-0.3, -0.25) is 0 Å². The number of aliphatic hydroxyl groups excluding tert-OH is 1. The van der Waals surface area contributed by atoms with Gasteiger partial charge in [0.25, 0.3) is 0 Å². The van der Waals surface area contributed by atoms with Crippen LogP contribution in [0.1, 0.15) is 69.9 Å². The molecule has 1 aromatic rings. The van der Waals surface area contributed by atoms with E-state index in [0.29, 0.717) is 30.4 Å². The molecular weight excluding hydrogens is 386 g/mol. The molecule has 6 atom stereocenters. The van der Waals surface area contributed by atoms with E-state index in [4.69, 9.17) is 10.5 Å². The minimum atomic E-state index is -0.537. The molecule has 4 heteroatoms. The molecule has 4 N–H and O–H groups in total. The van der Waals surface area contributed by atoms with Crippen molar-refractivity contribution in [1.82, 2.24) is 0 Å². The van der Waals surface area contributed by atoms with Gasteiger partial charge in [0.15, 0.2) is 0 Å². The van der Waals surface area contributed by atoms with Gasteiger partial charge in [-0.05, 0) is 87.5 Å². The molecule has 2 saturated carbocycles. The Kier molecular flexibility index (Phi) is 5.16. The topological polar surface area (TPSA) is 75.7 Å². The first kappa shape index (κ1) is 21.3. The highest BCUT2D eigenvalue weighted by molar-refractivity contribution is 5.39. The Labute approximate surface area is 186 Å². The fraction of sp³-hybridized carbons (Fsp3) is 0.704. The molecule has 0 amide bonds. The summed E-state index contributed by atoms with van der Waals surface area (Å²) >= 11 is 0. The normalized spacial score (nSPS) is 40.6. The molecule has 4 fully saturated rings. The Bertz CT molecular complexity index is 915. The van der Waals surface area contributed by atoms with Crippen LogP contribution < -0.4 is 5.73 Å². The molecule has 168 valence electrons. The number of hydrogen-bond donors (Lipinski definition) is 3. The maximum Gasteiger partial charge on any atom is 0.115 e. The fourth-order valence-corrected chi connectivity index (χ4v) is 7.85. The van der Waals surface area contributed by atoms with Crippen molar-refractivity contribution in [3.8, 4) is 17.6 Å². The highest BCUT2D eigenvalue weighted by Crippen LogP contribution is 2.62. The van der Waals surface area contributed by atoms with Gasteiger partial charge in [-0.15, -0.1) is 0 Å². The number of nitrogens with two attached hydrogens (primary N) is 1. The number of benzene rings is 1. The molecule has 6 rings (SSSR count). The Morgan fingerprint density at radius 1 is 1.19 bits per heavy atom. The van der Waals surface area contributed by atoms with Gasteiger partial charge in [-0.25, -0.2) is 0 Å². The van der Waals surface area contributed by atoms with E-state index >= 15 is 0 Å². The molecule has 6 unspecified atom stereocenters. The van der Waals surface area contributed by atoms with Gasteiger partial charge in [-0.2, -0.15) is 0 Å². The van der Waals surface area contributed by atoms with E-state index in [1.807, 2.05) is 12.1 Å². The van der Waals surface area contributed by atoms with Crippen molar-refractivity contribution in [2.24, 2.45) is 29.4 Å². The summed E-state index contributed by atoms with van der Waals surface area (Å²) in [7, 11) is 0. The summed E-state index contributed by atoms with van der Waals surface area (Å²) in [5.41, 5.74) is 8.52. The summed E-state index contributed by atoms with van der Waals surface area (Å²) in [6.07, 6.45) is 9.10. The molecule has 1 aromatic carbocycles. The summed E-state index contributed by atoms with van der Waals surface area (Å²) < 4.78 is 7.06. The molecule has 3 aliphatic carbocycles. The van der Waals surface area contributed by atoms with Gasteiger partial charge in [0.1, 0.15) is 5.75 Å². The molecule has 0 radical (unpaired) electrons. The van der Waals surface area contributed by atoms with Crippen molar-refractivity contribution >= 4 is 0 Å². The van der Waals surface area contributed by atoms with Crippen LogP contribution in [0.25, 0.3) is 0 Å². The van der Waals surface area contributed by atoms with Crippen LogP contribution in [0.2, 0.25) is 0 Å². The molecule has 1 spiro atoms. The largest absolute Gasteiger partial charge is 0.508 e. The highest BCUT2D eigenvalue weighted by atomic mass is 16.5. The summed E-state index contributed by atoms with van der Waals surface area (Å²) in [5, 5.41) is 20.1. The third-order valence-corrected chi connectivity index (χ3v) is 9.03. The lowest BCUT2D eigenvalue weighted by Crippen LogP contribution is -2.77. The number of phenolic OH excluding ortho intramolecular Hbond substituents is 1. The minimum Gasteiger partial charge on any atom is -0.508 e. The molecule has 4 bridgehead atoms. The van der Waals surface area contributed by atoms with Crippen LogP contribution in [0.3, 0.4) is 0 Å². The molecule has 2 heterocycles. The third kappa shape index (κ3) is 3.32. The predicted octanol–water partition coefficient (Wildman–Crippen LogP) is 3.95. The molecule has 0 aromatic heterocycles. The van der Waals surface area contributed by atoms with Crippen LogP contribution in [0.15, 0.2) is 18.2 Å². The first-order valence-corrected chi connectivity index (χ1v) is 12.2. The summed E-state index contributed by atoms with van der Waals surface area (Å²) in [4.78, 5) is 0. The average molecular weight is 424 g/mol. The first-order valence-electron chi connectivity index (χ1n) is 12.2. The van der Waals surface area contributed by atoms with Crippen LogP contribution in [-0.2, 0) is 17.6 Å². The van der Waals surface area contributed by atoms with Crippen LogP contribution in [0.5, 0.6) is 5.75 Å². The number of aliphatic hydroxyl groups is 1. The van der Waals surface area contributed by atoms with E-state index in [1.54, 1.807) is 0 Å². The van der Waals surface area contributed by atoms with E-state index in [-0.39, 0.29) is 29.6 Å². The Hall–Kier alpha value is -1.54. The van der Waals surface area contributed by atoms with Crippen molar-refractivity contribution < 1.29 is 14.9 Å². The zero-order valence-corrected chi connectivity index (χ0v) is 19.0. The lowest BCUT2D eigenvalue weighted by molar-refractivity contribution is -0.306. The van der Waals surface area contributed by atoms with Crippen molar-refractivity contribution in [3.05, 3.63) is 29.3 Å². The molecule has 4 nitrogen and oxygen atoms in total. The third-order valence-electron chi connectivity index (χ3n) is 9.03. The second-order valence-electron chi connectivity index (χ2n) is 11.2. The monoisotopic (exact) mass is 423 g/mol. The summed E-state index contributed by atoms with van der Waals surface area (Å²) in [5.74, 6) is 8.59. The second kappa shape index (κ2) is 7.51. The first-order chi connectivity index (χ1) is 14.8. The summed E-state index contributed by atoms with van der Waals surface area (Å²) in [6, 6.07) is 5.78. The lowest BCUT2D eigenvalue weighted by atomic mass is 9.48. The van der Waals surface area contributed by atoms with Gasteiger partial charge < -0.3 is 20.7 Å². The highest BCUT2D eigenvalue weighted by Gasteiger charge is 2.68. The van der Waals surface area contributed by atoms with Crippen LogP contribution in [0.4, 0.5) is 0 Å². The van der Waals surface area contributed by atoms with Crippen molar-refractivity contribution in [2.45, 2.75) is 88.4 Å². The molecule has 2 saturated heterocycles. The fourth-order valence-electron chi connectivity index (χ4n) is 7.85. The van der Waals surface area contributed by atoms with Crippen LogP contribution >= 0.6 is 0 Å². The second-order valence-corrected chi connectivity index (χ2v) is 11.2. The zero-order valence-electron chi connectivity index (χ0n) is 19.0. The average Bonchev–Trinajstić information content (AvgIpc) is 2.72. The SMILES string of the molecule is CC1(C)OC23CCC1C(N)(CCO)C2C#CCc1cc(O)ccc1CC1CCCC3C1. The van der Waals surface area contributed by atoms with Crippen molar-refractivity contribution in [2.75, 3.05) is 6.61 Å². The molecule has 31 heavy (non-hydrogen) atoms. The Morgan fingerprint density at radius 2 is 2.03 bits per heavy atom. The molecule has 2 aliphatic heterocycles. The number of rotatable bonds is 2. The smallest absolute Gasteiger partial charge is 0.115 e. The van der Waals surface area contributed by atoms with Crippen molar-refractivity contribution in [3.63, 3.8) is 0 Å². The van der Waals surface area contributed by atoms with E-state index < -0.39 is 5.54 Å². The van der Waals surface area contributed by atoms with Crippen LogP contribution in [0, 0.1) is 35.5 Å². The number of fused-ring (bicyclic) bond motifs is 5. The number of phenols is 1. The number of ether oxygens (including phenoxy) is 1. The van der Waals surface area contributed by atoms with Gasteiger partial charge in [0.2, 0.25) is 0 Å². The maximum atomic E-state index is 10.1. The van der Waals surface area contributed by atoms with E-state index in [9.17, 15) is 10.2 Å². The van der Waals surface area contributed by atoms with E-state index in [0.717, 1.165) is 31.2 Å². The lowest BCUT2D eigenvalue weighted by Gasteiger charge is -2.68. The van der Waals surface area contributed by atoms with Gasteiger partial charge in [-0.1, -0.05) is 30.7 Å². The number of aromatic hydroxyl groups is 1. The van der Waals surface area contributed by atoms with E-state index in [1.165, 1.54) is 24.8 Å². The quantitative estimate of drug-likeness (QED) is 0.630. The molecular formula is C27H37NO3. The van der Waals surface area contributed by atoms with Gasteiger partial charge >= 0.3 is 0 Å². The predicted molar refractivity (Wildman–Crippen MR) is 121 cm³/mol. The Balaban J connectivity index is 1.65. The number of hydrogen-bond acceptors (Lipinski definition) is 4. The standard InChI is InChI=1S/C27H37NO3/c1-25(2)23-11-12-27(31-25)21-7-3-5-18(16-21)15-20-9-10-22(30)17-19(20)6-4-8-24(27)26(23,28)13-14-29/h9-10,17-18,21,23-24,29-30H,3,5-7,11-16,28H2,1-2H3. The van der Waals surface area contributed by atoms with Crippen LogP contribution in [-0.4, -0.2) is 33.6 Å². The minimum absolute atomic E-state index is 0.0680. The summed E-state index contributed by atoms with van der Waals surface area (Å²) in [6.45, 7) is 4.48. The van der Waals surface area contributed by atoms with Gasteiger partial charge in [0.05, 0.1) is 17.1 Å². The van der Waals surface area contributed by atoms with Crippen molar-refractivity contribution in [1.29, 1.82) is 0 Å².